The molecule has 0 amide bonds. The van der Waals surface area contributed by atoms with Gasteiger partial charge in [-0.15, -0.1) is 5.10 Å². The number of nitrogens with one attached hydrogen (secondary N) is 2. The molecule has 4 heterocycles. The van der Waals surface area contributed by atoms with Gasteiger partial charge < -0.3 is 10.6 Å². The Morgan fingerprint density at radius 2 is 2.00 bits per heavy atom. The normalized spacial score (nSPS) is 19.6. The van der Waals surface area contributed by atoms with E-state index in [4.69, 9.17) is 0 Å². The molecule has 1 saturated carbocycles. The Hall–Kier alpha value is -3.06. The lowest BCUT2D eigenvalue weighted by molar-refractivity contribution is 0.325. The predicted molar refractivity (Wildman–Crippen MR) is 101 cm³/mol. The van der Waals surface area contributed by atoms with Crippen LogP contribution in [0.1, 0.15) is 12.8 Å². The van der Waals surface area contributed by atoms with Crippen molar-refractivity contribution in [2.24, 2.45) is 0 Å². The summed E-state index contributed by atoms with van der Waals surface area (Å²) in [6, 6.07) is 9.14. The fourth-order valence-corrected chi connectivity index (χ4v) is 3.48. The summed E-state index contributed by atoms with van der Waals surface area (Å²) in [4.78, 5) is 13.2. The second-order valence-corrected chi connectivity index (χ2v) is 6.71. The largest absolute Gasteiger partial charge is 0.350 e. The molecule has 7 heteroatoms. The van der Waals surface area contributed by atoms with Gasteiger partial charge in [-0.25, -0.2) is 19.5 Å². The van der Waals surface area contributed by atoms with Gasteiger partial charge in [-0.2, -0.15) is 0 Å². The molecule has 0 aromatic carbocycles. The molecular weight excluding hydrogens is 326 g/mol. The van der Waals surface area contributed by atoms with E-state index >= 15 is 0 Å². The fourth-order valence-electron chi connectivity index (χ4n) is 3.48. The molecule has 1 aliphatic rings. The number of anilines is 1. The van der Waals surface area contributed by atoms with Crippen LogP contribution in [0.25, 0.3) is 27.7 Å². The molecule has 26 heavy (non-hydrogen) atoms. The van der Waals surface area contributed by atoms with Gasteiger partial charge in [-0.1, -0.05) is 0 Å². The highest BCUT2D eigenvalue weighted by molar-refractivity contribution is 5.86. The first-order valence-corrected chi connectivity index (χ1v) is 8.79. The number of rotatable bonds is 4. The molecule has 130 valence electrons. The zero-order chi connectivity index (χ0) is 17.5. The quantitative estimate of drug-likeness (QED) is 0.592. The first kappa shape index (κ1) is 15.2. The maximum absolute atomic E-state index is 4.60. The first-order valence-electron chi connectivity index (χ1n) is 8.79. The average Bonchev–Trinajstić information content (AvgIpc) is 3.07. The van der Waals surface area contributed by atoms with Crippen molar-refractivity contribution in [2.75, 3.05) is 12.4 Å². The Balaban J connectivity index is 1.45. The van der Waals surface area contributed by atoms with Crippen molar-refractivity contribution in [2.45, 2.75) is 24.9 Å². The molecule has 0 spiro atoms. The van der Waals surface area contributed by atoms with E-state index in [-0.39, 0.29) is 0 Å². The molecule has 4 aromatic rings. The summed E-state index contributed by atoms with van der Waals surface area (Å²) in [7, 11) is 2.00. The Bertz CT molecular complexity index is 1080. The average molecular weight is 345 g/mol. The second-order valence-electron chi connectivity index (χ2n) is 6.71. The van der Waals surface area contributed by atoms with E-state index in [1.165, 1.54) is 0 Å². The molecule has 0 aliphatic heterocycles. The maximum Gasteiger partial charge on any atom is 0.241 e. The Labute approximate surface area is 150 Å². The van der Waals surface area contributed by atoms with Gasteiger partial charge in [0.25, 0.3) is 0 Å². The van der Waals surface area contributed by atoms with Crippen LogP contribution in [0.15, 0.2) is 49.1 Å². The summed E-state index contributed by atoms with van der Waals surface area (Å²) in [6.45, 7) is 0. The van der Waals surface area contributed by atoms with E-state index in [0.29, 0.717) is 18.0 Å². The van der Waals surface area contributed by atoms with Crippen molar-refractivity contribution < 1.29 is 0 Å². The summed E-state index contributed by atoms with van der Waals surface area (Å²) in [5.74, 6) is 0.667. The lowest BCUT2D eigenvalue weighted by atomic mass is 9.87. The van der Waals surface area contributed by atoms with Crippen molar-refractivity contribution in [3.8, 4) is 11.1 Å². The lowest BCUT2D eigenvalue weighted by Crippen LogP contribution is -2.46. The number of aromatic nitrogens is 5. The van der Waals surface area contributed by atoms with Crippen LogP contribution in [0, 0.1) is 0 Å². The molecule has 4 aromatic heterocycles. The van der Waals surface area contributed by atoms with Gasteiger partial charge in [0.1, 0.15) is 0 Å². The highest BCUT2D eigenvalue weighted by Crippen LogP contribution is 2.27. The third-order valence-electron chi connectivity index (χ3n) is 5.06. The van der Waals surface area contributed by atoms with Crippen LogP contribution >= 0.6 is 0 Å². The zero-order valence-corrected chi connectivity index (χ0v) is 14.4. The van der Waals surface area contributed by atoms with Gasteiger partial charge in [0.05, 0.1) is 11.7 Å². The molecule has 1 aliphatic carbocycles. The van der Waals surface area contributed by atoms with Crippen LogP contribution in [0.5, 0.6) is 0 Å². The van der Waals surface area contributed by atoms with Crippen LogP contribution < -0.4 is 10.6 Å². The van der Waals surface area contributed by atoms with E-state index in [9.17, 15) is 0 Å². The summed E-state index contributed by atoms with van der Waals surface area (Å²) >= 11 is 0. The summed E-state index contributed by atoms with van der Waals surface area (Å²) < 4.78 is 1.87. The lowest BCUT2D eigenvalue weighted by Gasteiger charge is -2.35. The fraction of sp³-hybridized carbons (Fsp3) is 0.263. The number of pyridine rings is 2. The molecule has 0 bridgehead atoms. The smallest absolute Gasteiger partial charge is 0.241 e. The number of fused-ring (bicyclic) bond motifs is 2. The highest BCUT2D eigenvalue weighted by Gasteiger charge is 2.28. The van der Waals surface area contributed by atoms with Crippen LogP contribution in [0.3, 0.4) is 0 Å². The summed E-state index contributed by atoms with van der Waals surface area (Å²) in [6.07, 6.45) is 9.64. The maximum atomic E-state index is 4.60. The van der Waals surface area contributed by atoms with Gasteiger partial charge in [-0.3, -0.25) is 0 Å². The van der Waals surface area contributed by atoms with Crippen molar-refractivity contribution >= 4 is 22.5 Å². The molecule has 5 rings (SSSR count). The summed E-state index contributed by atoms with van der Waals surface area (Å²) in [5, 5.41) is 12.3. The van der Waals surface area contributed by atoms with Crippen molar-refractivity contribution in [1.29, 1.82) is 0 Å². The SMILES string of the molecule is CN[C@H]1C[C@@H](Nc2ncc3c(-c4cnc5ncccc5c4)ccn3n2)C1. The molecule has 2 N–H and O–H groups in total. The topological polar surface area (TPSA) is 80.0 Å². The molecular formula is C19H19N7. The van der Waals surface area contributed by atoms with Crippen LogP contribution in [-0.4, -0.2) is 43.7 Å². The minimum Gasteiger partial charge on any atom is -0.350 e. The standard InChI is InChI=1S/C19H19N7/c1-20-14-8-15(9-14)24-19-23-11-17-16(4-6-26(17)25-19)13-7-12-3-2-5-21-18(12)22-10-13/h2-7,10-11,14-15,20H,8-9H2,1H3,(H,24,25)/t14-,15+. The van der Waals surface area contributed by atoms with Crippen molar-refractivity contribution in [3.05, 3.63) is 49.1 Å². The number of hydrogen-bond acceptors (Lipinski definition) is 6. The number of nitrogens with zero attached hydrogens (tertiary/aromatic N) is 5. The monoisotopic (exact) mass is 345 g/mol. The third-order valence-corrected chi connectivity index (χ3v) is 5.06. The third kappa shape index (κ3) is 2.57. The van der Waals surface area contributed by atoms with Gasteiger partial charge >= 0.3 is 0 Å². The van der Waals surface area contributed by atoms with Gasteiger partial charge in [0.15, 0.2) is 5.65 Å². The second kappa shape index (κ2) is 6.03. The van der Waals surface area contributed by atoms with E-state index in [2.05, 4.69) is 36.8 Å². The molecule has 0 unspecified atom stereocenters. The van der Waals surface area contributed by atoms with E-state index in [1.54, 1.807) is 6.20 Å². The highest BCUT2D eigenvalue weighted by atomic mass is 15.3. The van der Waals surface area contributed by atoms with Crippen molar-refractivity contribution in [3.63, 3.8) is 0 Å². The van der Waals surface area contributed by atoms with Gasteiger partial charge in [0, 0.05) is 47.2 Å². The minimum atomic E-state index is 0.442. The van der Waals surface area contributed by atoms with Crippen LogP contribution in [0.4, 0.5) is 5.95 Å². The van der Waals surface area contributed by atoms with Crippen LogP contribution in [-0.2, 0) is 0 Å². The van der Waals surface area contributed by atoms with Crippen LogP contribution in [0.2, 0.25) is 0 Å². The molecule has 0 radical (unpaired) electrons. The predicted octanol–water partition coefficient (Wildman–Crippen LogP) is 2.50. The number of hydrogen-bond donors (Lipinski definition) is 2. The van der Waals surface area contributed by atoms with E-state index in [1.807, 2.05) is 48.4 Å². The Morgan fingerprint density at radius 1 is 1.08 bits per heavy atom. The molecule has 0 saturated heterocycles. The van der Waals surface area contributed by atoms with Gasteiger partial charge in [0.2, 0.25) is 5.95 Å². The first-order chi connectivity index (χ1) is 12.8. The van der Waals surface area contributed by atoms with E-state index in [0.717, 1.165) is 40.5 Å². The van der Waals surface area contributed by atoms with Gasteiger partial charge in [-0.05, 0) is 44.2 Å². The van der Waals surface area contributed by atoms with Crippen molar-refractivity contribution in [1.82, 2.24) is 29.9 Å². The Kier molecular flexibility index (Phi) is 3.53. The summed E-state index contributed by atoms with van der Waals surface area (Å²) in [5.41, 5.74) is 3.81. The minimum absolute atomic E-state index is 0.442. The molecule has 0 atom stereocenters. The molecule has 7 nitrogen and oxygen atoms in total. The molecule has 1 fully saturated rings. The Morgan fingerprint density at radius 3 is 2.88 bits per heavy atom. The van der Waals surface area contributed by atoms with E-state index < -0.39 is 0 Å². The zero-order valence-electron chi connectivity index (χ0n) is 14.4.